The first kappa shape index (κ1) is 15.2. The molecular weight excluding hydrogens is 286 g/mol. The van der Waals surface area contributed by atoms with Crippen LogP contribution in [-0.4, -0.2) is 13.4 Å². The average Bonchev–Trinajstić information content (AvgIpc) is 2.48. The monoisotopic (exact) mass is 301 g/mol. The summed E-state index contributed by atoms with van der Waals surface area (Å²) in [6.45, 7) is 2.06. The number of nitrogens with zero attached hydrogens (tertiary/aromatic N) is 2. The van der Waals surface area contributed by atoms with Crippen molar-refractivity contribution in [3.8, 4) is 6.07 Å². The summed E-state index contributed by atoms with van der Waals surface area (Å²) < 4.78 is 26.8. The molecule has 2 rings (SSSR count). The number of hydrogen-bond donors (Lipinski definition) is 1. The van der Waals surface area contributed by atoms with Crippen molar-refractivity contribution in [2.24, 2.45) is 0 Å². The first-order valence-corrected chi connectivity index (χ1v) is 7.87. The molecule has 0 atom stereocenters. The van der Waals surface area contributed by atoms with Gasteiger partial charge in [-0.3, -0.25) is 4.98 Å². The zero-order valence-electron chi connectivity index (χ0n) is 11.6. The quantitative estimate of drug-likeness (QED) is 0.914. The standard InChI is InChI=1S/C15H15N3O2S/c1-12-2-3-14(10-17-12)11-18-21(19,20)15-6-4-13(5-7-15)8-9-16/h2-7,10,18H,8,11H2,1H3. The number of nitrogens with one attached hydrogen (secondary N) is 1. The van der Waals surface area contributed by atoms with E-state index in [0.717, 1.165) is 16.8 Å². The molecule has 1 N–H and O–H groups in total. The van der Waals surface area contributed by atoms with E-state index in [9.17, 15) is 8.42 Å². The summed E-state index contributed by atoms with van der Waals surface area (Å²) in [5, 5.41) is 8.59. The van der Waals surface area contributed by atoms with Crippen molar-refractivity contribution >= 4 is 10.0 Å². The summed E-state index contributed by atoms with van der Waals surface area (Å²) in [5.41, 5.74) is 2.47. The molecule has 1 aromatic heterocycles. The van der Waals surface area contributed by atoms with Crippen LogP contribution in [0.3, 0.4) is 0 Å². The van der Waals surface area contributed by atoms with Crippen molar-refractivity contribution in [1.29, 1.82) is 5.26 Å². The van der Waals surface area contributed by atoms with E-state index < -0.39 is 10.0 Å². The van der Waals surface area contributed by atoms with Gasteiger partial charge in [-0.25, -0.2) is 13.1 Å². The van der Waals surface area contributed by atoms with Gasteiger partial charge in [-0.05, 0) is 36.2 Å². The zero-order chi connectivity index (χ0) is 15.3. The van der Waals surface area contributed by atoms with Gasteiger partial charge in [0.1, 0.15) is 0 Å². The fourth-order valence-corrected chi connectivity index (χ4v) is 2.76. The second-order valence-corrected chi connectivity index (χ2v) is 6.38. The van der Waals surface area contributed by atoms with E-state index in [4.69, 9.17) is 5.26 Å². The Balaban J connectivity index is 2.07. The number of nitriles is 1. The number of aromatic nitrogens is 1. The van der Waals surface area contributed by atoms with Crippen molar-refractivity contribution < 1.29 is 8.42 Å². The normalized spacial score (nSPS) is 11.0. The highest BCUT2D eigenvalue weighted by atomic mass is 32.2. The SMILES string of the molecule is Cc1ccc(CNS(=O)(=O)c2ccc(CC#N)cc2)cn1. The molecule has 1 heterocycles. The highest BCUT2D eigenvalue weighted by molar-refractivity contribution is 7.89. The molecule has 6 heteroatoms. The summed E-state index contributed by atoms with van der Waals surface area (Å²) >= 11 is 0. The molecule has 0 fully saturated rings. The largest absolute Gasteiger partial charge is 0.261 e. The number of hydrogen-bond acceptors (Lipinski definition) is 4. The lowest BCUT2D eigenvalue weighted by molar-refractivity contribution is 0.581. The van der Waals surface area contributed by atoms with E-state index in [0.29, 0.717) is 0 Å². The van der Waals surface area contributed by atoms with Crippen LogP contribution in [0.2, 0.25) is 0 Å². The Kier molecular flexibility index (Phi) is 4.68. The van der Waals surface area contributed by atoms with Crippen LogP contribution in [0.4, 0.5) is 0 Å². The van der Waals surface area contributed by atoms with E-state index in [2.05, 4.69) is 9.71 Å². The van der Waals surface area contributed by atoms with E-state index in [1.165, 1.54) is 12.1 Å². The molecule has 0 saturated heterocycles. The molecule has 0 bridgehead atoms. The number of rotatable bonds is 5. The van der Waals surface area contributed by atoms with E-state index in [-0.39, 0.29) is 17.9 Å². The Morgan fingerprint density at radius 1 is 1.14 bits per heavy atom. The molecule has 0 aliphatic carbocycles. The summed E-state index contributed by atoms with van der Waals surface area (Å²) in [7, 11) is -3.56. The van der Waals surface area contributed by atoms with Crippen molar-refractivity contribution in [3.63, 3.8) is 0 Å². The summed E-state index contributed by atoms with van der Waals surface area (Å²) in [6.07, 6.45) is 1.91. The third-order valence-electron chi connectivity index (χ3n) is 2.96. The maximum atomic E-state index is 12.1. The average molecular weight is 301 g/mol. The predicted molar refractivity (Wildman–Crippen MR) is 78.8 cm³/mol. The van der Waals surface area contributed by atoms with Gasteiger partial charge in [-0.2, -0.15) is 5.26 Å². The number of sulfonamides is 1. The molecule has 0 spiro atoms. The molecule has 0 amide bonds. The van der Waals surface area contributed by atoms with Gasteiger partial charge in [0, 0.05) is 18.4 Å². The van der Waals surface area contributed by atoms with Gasteiger partial charge < -0.3 is 0 Å². The predicted octanol–water partition coefficient (Wildman–Crippen LogP) is 1.93. The zero-order valence-corrected chi connectivity index (χ0v) is 12.4. The van der Waals surface area contributed by atoms with Crippen LogP contribution >= 0.6 is 0 Å². The smallest absolute Gasteiger partial charge is 0.240 e. The van der Waals surface area contributed by atoms with Gasteiger partial charge in [-0.15, -0.1) is 0 Å². The van der Waals surface area contributed by atoms with Crippen molar-refractivity contribution in [3.05, 3.63) is 59.4 Å². The van der Waals surface area contributed by atoms with Crippen LogP contribution < -0.4 is 4.72 Å². The third kappa shape index (κ3) is 4.12. The minimum atomic E-state index is -3.56. The summed E-state index contributed by atoms with van der Waals surface area (Å²) in [6, 6.07) is 12.0. The lowest BCUT2D eigenvalue weighted by atomic mass is 10.2. The Morgan fingerprint density at radius 3 is 2.38 bits per heavy atom. The second-order valence-electron chi connectivity index (χ2n) is 4.61. The lowest BCUT2D eigenvalue weighted by Crippen LogP contribution is -2.23. The van der Waals surface area contributed by atoms with Crippen molar-refractivity contribution in [2.45, 2.75) is 24.8 Å². The van der Waals surface area contributed by atoms with Crippen LogP contribution in [0, 0.1) is 18.3 Å². The minimum absolute atomic E-state index is 0.185. The van der Waals surface area contributed by atoms with E-state index in [1.807, 2.05) is 25.1 Å². The Bertz CT molecular complexity index is 745. The van der Waals surface area contributed by atoms with Crippen LogP contribution in [-0.2, 0) is 23.0 Å². The van der Waals surface area contributed by atoms with E-state index in [1.54, 1.807) is 18.3 Å². The lowest BCUT2D eigenvalue weighted by Gasteiger charge is -2.07. The van der Waals surface area contributed by atoms with Gasteiger partial charge >= 0.3 is 0 Å². The first-order valence-electron chi connectivity index (χ1n) is 6.38. The topological polar surface area (TPSA) is 82.9 Å². The van der Waals surface area contributed by atoms with Crippen molar-refractivity contribution in [1.82, 2.24) is 9.71 Å². The molecule has 0 aliphatic rings. The van der Waals surface area contributed by atoms with Crippen molar-refractivity contribution in [2.75, 3.05) is 0 Å². The molecule has 5 nitrogen and oxygen atoms in total. The molecule has 2 aromatic rings. The Labute approximate surface area is 124 Å². The first-order chi connectivity index (χ1) is 10.0. The number of aryl methyl sites for hydroxylation is 1. The molecule has 108 valence electrons. The molecular formula is C15H15N3O2S. The Hall–Kier alpha value is -2.23. The van der Waals surface area contributed by atoms with Gasteiger partial charge in [0.25, 0.3) is 0 Å². The molecule has 1 aromatic carbocycles. The number of benzene rings is 1. The summed E-state index contributed by atoms with van der Waals surface area (Å²) in [4.78, 5) is 4.30. The minimum Gasteiger partial charge on any atom is -0.261 e. The third-order valence-corrected chi connectivity index (χ3v) is 4.37. The second kappa shape index (κ2) is 6.48. The number of pyridine rings is 1. The maximum absolute atomic E-state index is 12.1. The molecule has 0 aliphatic heterocycles. The van der Waals surface area contributed by atoms with Gasteiger partial charge in [0.2, 0.25) is 10.0 Å². The fourth-order valence-electron chi connectivity index (χ4n) is 1.74. The van der Waals surface area contributed by atoms with Gasteiger partial charge in [-0.1, -0.05) is 18.2 Å². The van der Waals surface area contributed by atoms with Gasteiger partial charge in [0.15, 0.2) is 0 Å². The maximum Gasteiger partial charge on any atom is 0.240 e. The highest BCUT2D eigenvalue weighted by Crippen LogP contribution is 2.11. The van der Waals surface area contributed by atoms with Crippen LogP contribution in [0.1, 0.15) is 16.8 Å². The fraction of sp³-hybridized carbons (Fsp3) is 0.200. The molecule has 0 unspecified atom stereocenters. The molecule has 21 heavy (non-hydrogen) atoms. The van der Waals surface area contributed by atoms with Crippen LogP contribution in [0.25, 0.3) is 0 Å². The van der Waals surface area contributed by atoms with Crippen LogP contribution in [0.5, 0.6) is 0 Å². The molecule has 0 radical (unpaired) electrons. The van der Waals surface area contributed by atoms with Crippen LogP contribution in [0.15, 0.2) is 47.5 Å². The summed E-state index contributed by atoms with van der Waals surface area (Å²) in [5.74, 6) is 0. The Morgan fingerprint density at radius 2 is 1.81 bits per heavy atom. The van der Waals surface area contributed by atoms with Gasteiger partial charge in [0.05, 0.1) is 17.4 Å². The van der Waals surface area contributed by atoms with E-state index >= 15 is 0 Å². The molecule has 0 saturated carbocycles. The highest BCUT2D eigenvalue weighted by Gasteiger charge is 2.13.